The highest BCUT2D eigenvalue weighted by molar-refractivity contribution is 7.99. The van der Waals surface area contributed by atoms with Gasteiger partial charge in [-0.25, -0.2) is 15.0 Å². The fourth-order valence-corrected chi connectivity index (χ4v) is 2.98. The van der Waals surface area contributed by atoms with Crippen molar-refractivity contribution in [2.45, 2.75) is 24.0 Å². The van der Waals surface area contributed by atoms with Crippen molar-refractivity contribution in [2.75, 3.05) is 12.4 Å². The van der Waals surface area contributed by atoms with Crippen molar-refractivity contribution in [3.8, 4) is 17.1 Å². The molecule has 0 amide bonds. The van der Waals surface area contributed by atoms with Crippen LogP contribution in [-0.2, 0) is 0 Å². The summed E-state index contributed by atoms with van der Waals surface area (Å²) in [7, 11) is 0. The minimum atomic E-state index is -5.73. The first-order chi connectivity index (χ1) is 13.1. The van der Waals surface area contributed by atoms with Gasteiger partial charge in [-0.1, -0.05) is 6.92 Å². The van der Waals surface area contributed by atoms with Crippen molar-refractivity contribution in [2.24, 2.45) is 0 Å². The summed E-state index contributed by atoms with van der Waals surface area (Å²) in [5.41, 5.74) is 0.610. The van der Waals surface area contributed by atoms with Gasteiger partial charge >= 0.3 is 12.1 Å². The Morgan fingerprint density at radius 1 is 1.18 bits per heavy atom. The molecule has 3 heterocycles. The van der Waals surface area contributed by atoms with Gasteiger partial charge in [-0.2, -0.15) is 26.5 Å². The molecule has 3 aromatic rings. The molecule has 0 aliphatic carbocycles. The van der Waals surface area contributed by atoms with E-state index in [2.05, 4.69) is 24.8 Å². The van der Waals surface area contributed by atoms with Gasteiger partial charge in [0.1, 0.15) is 5.03 Å². The maximum absolute atomic E-state index is 12.9. The van der Waals surface area contributed by atoms with Gasteiger partial charge in [-0.15, -0.1) is 11.8 Å². The zero-order valence-electron chi connectivity index (χ0n) is 14.1. The first-order valence-corrected chi connectivity index (χ1v) is 8.75. The summed E-state index contributed by atoms with van der Waals surface area (Å²) in [5.74, 6) is -4.85. The number of thioether (sulfide) groups is 1. The third-order valence-corrected chi connectivity index (χ3v) is 4.37. The number of rotatable bonds is 6. The Labute approximate surface area is 158 Å². The summed E-state index contributed by atoms with van der Waals surface area (Å²) in [4.78, 5) is 23.8. The number of aromatic nitrogens is 5. The second-order valence-corrected chi connectivity index (χ2v) is 6.70. The van der Waals surface area contributed by atoms with Gasteiger partial charge in [0.05, 0.1) is 23.7 Å². The van der Waals surface area contributed by atoms with Crippen molar-refractivity contribution in [3.63, 3.8) is 0 Å². The molecule has 3 rings (SSSR count). The van der Waals surface area contributed by atoms with Crippen LogP contribution in [0.25, 0.3) is 16.9 Å². The topological polar surface area (TPSA) is 85.2 Å². The minimum absolute atomic E-state index is 0.239. The first kappa shape index (κ1) is 20.0. The molecule has 28 heavy (non-hydrogen) atoms. The molecule has 0 fully saturated rings. The van der Waals surface area contributed by atoms with Gasteiger partial charge in [-0.05, 0) is 5.75 Å². The van der Waals surface area contributed by atoms with E-state index in [9.17, 15) is 26.7 Å². The summed E-state index contributed by atoms with van der Waals surface area (Å²) < 4.78 is 68.0. The van der Waals surface area contributed by atoms with Crippen molar-refractivity contribution >= 4 is 17.4 Å². The molecule has 0 aliphatic rings. The number of ether oxygens (including phenoxy) is 1. The van der Waals surface area contributed by atoms with Gasteiger partial charge in [0.25, 0.3) is 5.56 Å². The quantitative estimate of drug-likeness (QED) is 0.486. The summed E-state index contributed by atoms with van der Waals surface area (Å²) in [5, 5.41) is 3.46. The fraction of sp³-hybridized carbons (Fsp3) is 0.333. The number of aromatic amines is 1. The Kier molecular flexibility index (Phi) is 5.28. The molecule has 13 heteroatoms. The van der Waals surface area contributed by atoms with E-state index in [0.717, 1.165) is 12.4 Å². The Balaban J connectivity index is 1.91. The smallest absolute Gasteiger partial charge is 0.456 e. The highest BCUT2D eigenvalue weighted by atomic mass is 32.2. The Morgan fingerprint density at radius 3 is 2.54 bits per heavy atom. The monoisotopic (exact) mass is 421 g/mol. The number of halogens is 5. The van der Waals surface area contributed by atoms with E-state index in [4.69, 9.17) is 0 Å². The normalized spacial score (nSPS) is 12.5. The number of nitrogens with one attached hydrogen (secondary N) is 1. The summed E-state index contributed by atoms with van der Waals surface area (Å²) in [6.07, 6.45) is -2.34. The van der Waals surface area contributed by atoms with Gasteiger partial charge in [0.15, 0.2) is 12.3 Å². The van der Waals surface area contributed by atoms with Crippen LogP contribution in [0.5, 0.6) is 5.88 Å². The van der Waals surface area contributed by atoms with Crippen molar-refractivity contribution in [3.05, 3.63) is 35.0 Å². The van der Waals surface area contributed by atoms with Gasteiger partial charge in [0.2, 0.25) is 5.88 Å². The van der Waals surface area contributed by atoms with Crippen LogP contribution in [0.3, 0.4) is 0 Å². The molecule has 0 aromatic carbocycles. The van der Waals surface area contributed by atoms with Gasteiger partial charge in [-0.3, -0.25) is 9.89 Å². The molecule has 0 bridgehead atoms. The molecule has 0 atom stereocenters. The Hall–Kier alpha value is -2.70. The summed E-state index contributed by atoms with van der Waals surface area (Å²) in [6.45, 7) is -0.0227. The van der Waals surface area contributed by atoms with Crippen molar-refractivity contribution in [1.82, 2.24) is 24.6 Å². The number of H-pyrrole nitrogens is 1. The van der Waals surface area contributed by atoms with Crippen LogP contribution in [0, 0.1) is 0 Å². The minimum Gasteiger partial charge on any atom is -0.470 e. The lowest BCUT2D eigenvalue weighted by molar-refractivity contribution is -0.290. The van der Waals surface area contributed by atoms with E-state index in [-0.39, 0.29) is 16.9 Å². The third kappa shape index (κ3) is 3.79. The van der Waals surface area contributed by atoms with Crippen molar-refractivity contribution < 1.29 is 26.7 Å². The lowest BCUT2D eigenvalue weighted by atomic mass is 10.2. The SMILES string of the molecule is CCSc1[nH]n2c(=O)ccnc2c1-c1cnc(OCC(F)(F)C(F)(F)F)cn1. The predicted octanol–water partition coefficient (Wildman–Crippen LogP) is 3.17. The molecule has 0 radical (unpaired) electrons. The molecule has 7 nitrogen and oxygen atoms in total. The summed E-state index contributed by atoms with van der Waals surface area (Å²) in [6, 6.07) is 1.26. The molecule has 1 N–H and O–H groups in total. The van der Waals surface area contributed by atoms with Gasteiger partial charge in [0, 0.05) is 12.3 Å². The number of hydrogen-bond acceptors (Lipinski definition) is 6. The lowest BCUT2D eigenvalue weighted by Gasteiger charge is -2.19. The number of alkyl halides is 5. The van der Waals surface area contributed by atoms with Crippen LogP contribution in [0.1, 0.15) is 6.92 Å². The number of fused-ring (bicyclic) bond motifs is 1. The second-order valence-electron chi connectivity index (χ2n) is 5.42. The molecule has 0 spiro atoms. The molecule has 0 unspecified atom stereocenters. The van der Waals surface area contributed by atoms with Crippen LogP contribution in [-0.4, -0.2) is 49.0 Å². The maximum Gasteiger partial charge on any atom is 0.456 e. The maximum atomic E-state index is 12.9. The Morgan fingerprint density at radius 2 is 1.93 bits per heavy atom. The zero-order chi connectivity index (χ0) is 20.5. The van der Waals surface area contributed by atoms with E-state index < -0.39 is 24.6 Å². The van der Waals surface area contributed by atoms with E-state index in [0.29, 0.717) is 16.3 Å². The molecule has 3 aromatic heterocycles. The van der Waals surface area contributed by atoms with E-state index in [1.54, 1.807) is 0 Å². The summed E-state index contributed by atoms with van der Waals surface area (Å²) >= 11 is 1.37. The third-order valence-electron chi connectivity index (χ3n) is 3.50. The van der Waals surface area contributed by atoms with E-state index in [1.165, 1.54) is 28.5 Å². The van der Waals surface area contributed by atoms with Crippen LogP contribution in [0.15, 0.2) is 34.5 Å². The highest BCUT2D eigenvalue weighted by Gasteiger charge is 2.58. The molecule has 0 aliphatic heterocycles. The molecular formula is C15H12F5N5O2S. The largest absolute Gasteiger partial charge is 0.470 e. The molecule has 0 saturated heterocycles. The zero-order valence-corrected chi connectivity index (χ0v) is 14.9. The van der Waals surface area contributed by atoms with Crippen LogP contribution in [0.4, 0.5) is 22.0 Å². The van der Waals surface area contributed by atoms with Crippen LogP contribution in [0.2, 0.25) is 0 Å². The predicted molar refractivity (Wildman–Crippen MR) is 89.7 cm³/mol. The number of nitrogens with zero attached hydrogens (tertiary/aromatic N) is 4. The first-order valence-electron chi connectivity index (χ1n) is 7.76. The van der Waals surface area contributed by atoms with Gasteiger partial charge < -0.3 is 4.74 Å². The van der Waals surface area contributed by atoms with Crippen LogP contribution >= 0.6 is 11.8 Å². The lowest BCUT2D eigenvalue weighted by Crippen LogP contribution is -2.41. The average Bonchev–Trinajstić information content (AvgIpc) is 2.99. The van der Waals surface area contributed by atoms with Crippen molar-refractivity contribution in [1.29, 1.82) is 0 Å². The van der Waals surface area contributed by atoms with Crippen LogP contribution < -0.4 is 10.3 Å². The highest BCUT2D eigenvalue weighted by Crippen LogP contribution is 2.36. The molecule has 150 valence electrons. The fourth-order valence-electron chi connectivity index (χ4n) is 2.20. The number of hydrogen-bond donors (Lipinski definition) is 1. The average molecular weight is 421 g/mol. The van der Waals surface area contributed by atoms with E-state index >= 15 is 0 Å². The second kappa shape index (κ2) is 7.37. The standard InChI is InChI=1S/C15H12F5N5O2S/c1-2-28-13-11(12-21-4-3-10(26)25(12)24-13)8-5-23-9(6-22-8)27-7-14(16,17)15(18,19)20/h3-6,24H,2,7H2,1H3. The molecule has 0 saturated carbocycles. The van der Waals surface area contributed by atoms with E-state index in [1.807, 2.05) is 6.92 Å². The molecular weight excluding hydrogens is 409 g/mol. The Bertz CT molecular complexity index is 1030.